The van der Waals surface area contributed by atoms with Crippen molar-refractivity contribution >= 4 is 11.8 Å². The number of carbonyl (C=O) groups excluding carboxylic acids is 2. The van der Waals surface area contributed by atoms with E-state index in [1.807, 2.05) is 24.3 Å². The molecule has 0 radical (unpaired) electrons. The fourth-order valence-electron chi connectivity index (χ4n) is 7.66. The number of benzene rings is 1. The number of hydrogen-bond acceptors (Lipinski definition) is 4. The first-order valence-corrected chi connectivity index (χ1v) is 11.6. The Bertz CT molecular complexity index is 963. The molecule has 164 valence electrons. The van der Waals surface area contributed by atoms with Crippen molar-refractivity contribution in [2.75, 3.05) is 0 Å². The molecule has 4 nitrogen and oxygen atoms in total. The van der Waals surface area contributed by atoms with Crippen molar-refractivity contribution in [2.45, 2.75) is 58.7 Å². The number of fused-ring (bicyclic) bond motifs is 5. The van der Waals surface area contributed by atoms with Crippen LogP contribution in [0.25, 0.3) is 0 Å². The second-order valence-electron chi connectivity index (χ2n) is 10.7. The van der Waals surface area contributed by atoms with Gasteiger partial charge in [-0.15, -0.1) is 0 Å². The van der Waals surface area contributed by atoms with Crippen LogP contribution < -0.4 is 0 Å². The average Bonchev–Trinajstić information content (AvgIpc) is 2.99. The van der Waals surface area contributed by atoms with Crippen LogP contribution in [-0.2, 0) is 9.53 Å². The van der Waals surface area contributed by atoms with Crippen LogP contribution in [0.2, 0.25) is 0 Å². The number of allylic oxidation sites excluding steroid dienone is 4. The molecule has 8 unspecified atom stereocenters. The van der Waals surface area contributed by atoms with Gasteiger partial charge in [0.05, 0.1) is 11.7 Å². The highest BCUT2D eigenvalue weighted by Crippen LogP contribution is 2.65. The largest absolute Gasteiger partial charge is 0.458 e. The quantitative estimate of drug-likeness (QED) is 0.702. The lowest BCUT2D eigenvalue weighted by Crippen LogP contribution is -2.57. The molecular weight excluding hydrogens is 388 g/mol. The molecule has 1 aromatic rings. The highest BCUT2D eigenvalue weighted by Gasteiger charge is 2.64. The van der Waals surface area contributed by atoms with E-state index < -0.39 is 6.10 Å². The molecule has 0 aliphatic heterocycles. The van der Waals surface area contributed by atoms with Crippen LogP contribution in [0.15, 0.2) is 54.1 Å². The molecule has 4 heteroatoms. The van der Waals surface area contributed by atoms with Crippen LogP contribution in [-0.4, -0.2) is 29.1 Å². The van der Waals surface area contributed by atoms with E-state index in [9.17, 15) is 14.7 Å². The molecule has 3 saturated carbocycles. The molecule has 4 aliphatic rings. The lowest BCUT2D eigenvalue weighted by atomic mass is 9.47. The minimum atomic E-state index is -0.485. The Morgan fingerprint density at radius 2 is 1.94 bits per heavy atom. The fourth-order valence-corrected chi connectivity index (χ4v) is 7.66. The van der Waals surface area contributed by atoms with Gasteiger partial charge in [-0.3, -0.25) is 4.79 Å². The predicted molar refractivity (Wildman–Crippen MR) is 118 cm³/mol. The van der Waals surface area contributed by atoms with Gasteiger partial charge in [-0.05, 0) is 67.7 Å². The Balaban J connectivity index is 1.45. The molecule has 31 heavy (non-hydrogen) atoms. The monoisotopic (exact) mass is 420 g/mol. The molecule has 0 saturated heterocycles. The second kappa shape index (κ2) is 7.16. The van der Waals surface area contributed by atoms with Gasteiger partial charge < -0.3 is 9.84 Å². The maximum absolute atomic E-state index is 12.9. The van der Waals surface area contributed by atoms with E-state index in [1.165, 1.54) is 5.57 Å². The van der Waals surface area contributed by atoms with Crippen molar-refractivity contribution in [3.05, 3.63) is 59.7 Å². The Morgan fingerprint density at radius 3 is 2.68 bits per heavy atom. The molecule has 0 heterocycles. The van der Waals surface area contributed by atoms with Crippen LogP contribution in [0.1, 0.15) is 56.8 Å². The van der Waals surface area contributed by atoms with Gasteiger partial charge >= 0.3 is 5.97 Å². The molecular formula is C27H32O4. The number of ether oxygens (including phenoxy) is 1. The highest BCUT2D eigenvalue weighted by molar-refractivity contribution is 6.01. The molecule has 5 rings (SSSR count). The SMILES string of the molecule is CC1CC2C3CCC4=CC(=O)C=CC4(C)C3C(O)CC2(C)C1OC(=O)c1ccccc1. The van der Waals surface area contributed by atoms with Crippen molar-refractivity contribution in [3.8, 4) is 0 Å². The Labute approximate surface area is 184 Å². The van der Waals surface area contributed by atoms with Gasteiger partial charge in [-0.25, -0.2) is 4.79 Å². The van der Waals surface area contributed by atoms with Crippen LogP contribution in [0.5, 0.6) is 0 Å². The summed E-state index contributed by atoms with van der Waals surface area (Å²) in [5.41, 5.74) is 1.24. The molecule has 0 bridgehead atoms. The topological polar surface area (TPSA) is 63.6 Å². The molecule has 3 fully saturated rings. The average molecular weight is 421 g/mol. The molecule has 0 spiro atoms. The summed E-state index contributed by atoms with van der Waals surface area (Å²) in [4.78, 5) is 24.8. The summed E-state index contributed by atoms with van der Waals surface area (Å²) in [5, 5.41) is 11.5. The second-order valence-corrected chi connectivity index (χ2v) is 10.7. The van der Waals surface area contributed by atoms with E-state index in [0.29, 0.717) is 23.8 Å². The smallest absolute Gasteiger partial charge is 0.338 e. The number of ketones is 1. The van der Waals surface area contributed by atoms with Crippen molar-refractivity contribution in [2.24, 2.45) is 34.5 Å². The van der Waals surface area contributed by atoms with Crippen molar-refractivity contribution in [1.29, 1.82) is 0 Å². The van der Waals surface area contributed by atoms with Gasteiger partial charge in [0.25, 0.3) is 0 Å². The summed E-state index contributed by atoms with van der Waals surface area (Å²) < 4.78 is 6.14. The summed E-state index contributed by atoms with van der Waals surface area (Å²) in [6, 6.07) is 9.18. The molecule has 0 aromatic heterocycles. The van der Waals surface area contributed by atoms with Crippen LogP contribution in [0.3, 0.4) is 0 Å². The van der Waals surface area contributed by atoms with Gasteiger partial charge in [0.2, 0.25) is 0 Å². The van der Waals surface area contributed by atoms with Crippen LogP contribution in [0.4, 0.5) is 0 Å². The predicted octanol–water partition coefficient (Wildman–Crippen LogP) is 4.74. The third-order valence-corrected chi connectivity index (χ3v) is 8.97. The normalized spacial score (nSPS) is 43.5. The van der Waals surface area contributed by atoms with E-state index in [1.54, 1.807) is 24.3 Å². The maximum atomic E-state index is 12.9. The van der Waals surface area contributed by atoms with Gasteiger partial charge in [0, 0.05) is 16.7 Å². The summed E-state index contributed by atoms with van der Waals surface area (Å²) in [6.07, 6.45) is 8.34. The maximum Gasteiger partial charge on any atom is 0.338 e. The number of hydrogen-bond donors (Lipinski definition) is 1. The van der Waals surface area contributed by atoms with Crippen molar-refractivity contribution in [3.63, 3.8) is 0 Å². The Hall–Kier alpha value is -2.20. The van der Waals surface area contributed by atoms with Gasteiger partial charge in [0.1, 0.15) is 6.10 Å². The van der Waals surface area contributed by atoms with Crippen LogP contribution in [0, 0.1) is 34.5 Å². The number of aliphatic hydroxyl groups is 1. The van der Waals surface area contributed by atoms with Crippen LogP contribution >= 0.6 is 0 Å². The van der Waals surface area contributed by atoms with E-state index in [2.05, 4.69) is 20.8 Å². The standard InChI is InChI=1S/C27H32O4/c1-16-13-21-20-10-9-18-14-19(28)11-12-26(18,2)23(20)22(29)15-27(21,3)24(16)31-25(30)17-7-5-4-6-8-17/h4-8,11-12,14,16,20-24,29H,9-10,13,15H2,1-3H3. The number of carbonyl (C=O) groups is 2. The highest BCUT2D eigenvalue weighted by atomic mass is 16.5. The van der Waals surface area contributed by atoms with Crippen molar-refractivity contribution in [1.82, 2.24) is 0 Å². The van der Waals surface area contributed by atoms with E-state index in [4.69, 9.17) is 4.74 Å². The van der Waals surface area contributed by atoms with Gasteiger partial charge in [-0.2, -0.15) is 0 Å². The zero-order valence-electron chi connectivity index (χ0n) is 18.6. The number of rotatable bonds is 2. The third kappa shape index (κ3) is 3.06. The lowest BCUT2D eigenvalue weighted by molar-refractivity contribution is -0.133. The van der Waals surface area contributed by atoms with Gasteiger partial charge in [-0.1, -0.05) is 50.6 Å². The first kappa shape index (κ1) is 20.7. The fraction of sp³-hybridized carbons (Fsp3) is 0.556. The first-order chi connectivity index (χ1) is 14.7. The van der Waals surface area contributed by atoms with Gasteiger partial charge in [0.15, 0.2) is 5.78 Å². The third-order valence-electron chi connectivity index (χ3n) is 8.97. The zero-order chi connectivity index (χ0) is 22.0. The lowest BCUT2D eigenvalue weighted by Gasteiger charge is -2.58. The summed E-state index contributed by atoms with van der Waals surface area (Å²) >= 11 is 0. The van der Waals surface area contributed by atoms with E-state index in [0.717, 1.165) is 19.3 Å². The molecule has 4 aliphatic carbocycles. The minimum absolute atomic E-state index is 0.0587. The molecule has 1 N–H and O–H groups in total. The number of esters is 1. The van der Waals surface area contributed by atoms with E-state index >= 15 is 0 Å². The van der Waals surface area contributed by atoms with E-state index in [-0.39, 0.29) is 40.5 Å². The zero-order valence-corrected chi connectivity index (χ0v) is 18.6. The summed E-state index contributed by atoms with van der Waals surface area (Å²) in [6.45, 7) is 6.59. The van der Waals surface area contributed by atoms with Crippen molar-refractivity contribution < 1.29 is 19.4 Å². The molecule has 0 amide bonds. The Morgan fingerprint density at radius 1 is 1.19 bits per heavy atom. The summed E-state index contributed by atoms with van der Waals surface area (Å²) in [5.74, 6) is 0.895. The number of aliphatic hydroxyl groups excluding tert-OH is 1. The first-order valence-electron chi connectivity index (χ1n) is 11.6. The minimum Gasteiger partial charge on any atom is -0.458 e. The molecule has 8 atom stereocenters. The Kier molecular flexibility index (Phi) is 4.78. The molecule has 1 aromatic carbocycles. The summed E-state index contributed by atoms with van der Waals surface area (Å²) in [7, 11) is 0.